The minimum absolute atomic E-state index is 0.374. The molecule has 0 atom stereocenters. The zero-order valence-electron chi connectivity index (χ0n) is 10.8. The highest BCUT2D eigenvalue weighted by Gasteiger charge is 2.18. The van der Waals surface area contributed by atoms with E-state index in [1.54, 1.807) is 0 Å². The zero-order chi connectivity index (χ0) is 13.1. The average Bonchev–Trinajstić information content (AvgIpc) is 2.96. The van der Waals surface area contributed by atoms with Crippen LogP contribution < -0.4 is 11.1 Å². The van der Waals surface area contributed by atoms with Gasteiger partial charge in [0, 0.05) is 18.3 Å². The molecule has 0 aliphatic heterocycles. The van der Waals surface area contributed by atoms with Crippen molar-refractivity contribution < 1.29 is 0 Å². The largest absolute Gasteiger partial charge is 0.366 e. The lowest BCUT2D eigenvalue weighted by atomic mass is 9.92. The zero-order valence-corrected chi connectivity index (χ0v) is 10.8. The Labute approximate surface area is 112 Å². The molecule has 0 bridgehead atoms. The van der Waals surface area contributed by atoms with Gasteiger partial charge in [0.25, 0.3) is 0 Å². The number of nitrogens with two attached hydrogens (primary N) is 1. The number of aromatic nitrogens is 3. The molecule has 5 heteroatoms. The molecule has 0 saturated heterocycles. The maximum absolute atomic E-state index is 5.91. The number of hydrogen-bond acceptors (Lipinski definition) is 4. The molecular formula is C14H19N5. The maximum atomic E-state index is 5.91. The summed E-state index contributed by atoms with van der Waals surface area (Å²) >= 11 is 0. The number of nitrogens with one attached hydrogen (secondary N) is 2. The van der Waals surface area contributed by atoms with Crippen LogP contribution in [0.1, 0.15) is 25.7 Å². The van der Waals surface area contributed by atoms with E-state index in [1.165, 1.54) is 0 Å². The van der Waals surface area contributed by atoms with E-state index in [0.717, 1.165) is 42.9 Å². The summed E-state index contributed by atoms with van der Waals surface area (Å²) in [7, 11) is 0. The second kappa shape index (κ2) is 5.40. The van der Waals surface area contributed by atoms with E-state index in [2.05, 4.69) is 20.5 Å². The van der Waals surface area contributed by atoms with Gasteiger partial charge in [-0.3, -0.25) is 0 Å². The van der Waals surface area contributed by atoms with Crippen molar-refractivity contribution in [3.63, 3.8) is 0 Å². The van der Waals surface area contributed by atoms with Crippen LogP contribution in [0.5, 0.6) is 0 Å². The van der Waals surface area contributed by atoms with E-state index in [0.29, 0.717) is 12.1 Å². The smallest absolute Gasteiger partial charge is 0.148 e. The molecule has 19 heavy (non-hydrogen) atoms. The van der Waals surface area contributed by atoms with E-state index in [4.69, 9.17) is 5.73 Å². The van der Waals surface area contributed by atoms with Crippen LogP contribution in [0.2, 0.25) is 0 Å². The van der Waals surface area contributed by atoms with Crippen LogP contribution in [-0.4, -0.2) is 27.3 Å². The maximum Gasteiger partial charge on any atom is 0.148 e. The molecule has 0 unspecified atom stereocenters. The first kappa shape index (κ1) is 12.2. The van der Waals surface area contributed by atoms with Crippen molar-refractivity contribution in [1.29, 1.82) is 0 Å². The Bertz CT molecular complexity index is 497. The quantitative estimate of drug-likeness (QED) is 0.787. The first-order valence-corrected chi connectivity index (χ1v) is 6.81. The predicted octanol–water partition coefficient (Wildman–Crippen LogP) is 2.15. The van der Waals surface area contributed by atoms with Crippen LogP contribution in [0.25, 0.3) is 11.4 Å². The van der Waals surface area contributed by atoms with E-state index < -0.39 is 0 Å². The van der Waals surface area contributed by atoms with E-state index in [-0.39, 0.29) is 0 Å². The van der Waals surface area contributed by atoms with Gasteiger partial charge in [-0.05, 0) is 49.9 Å². The normalized spacial score (nSPS) is 23.2. The van der Waals surface area contributed by atoms with Gasteiger partial charge in [-0.15, -0.1) is 10.2 Å². The average molecular weight is 257 g/mol. The van der Waals surface area contributed by atoms with Gasteiger partial charge < -0.3 is 16.0 Å². The van der Waals surface area contributed by atoms with Gasteiger partial charge in [-0.25, -0.2) is 0 Å². The van der Waals surface area contributed by atoms with Gasteiger partial charge in [0.1, 0.15) is 11.5 Å². The highest BCUT2D eigenvalue weighted by molar-refractivity contribution is 5.54. The lowest BCUT2D eigenvalue weighted by molar-refractivity contribution is 0.410. The number of hydrogen-bond donors (Lipinski definition) is 3. The van der Waals surface area contributed by atoms with Crippen molar-refractivity contribution in [3.8, 4) is 11.4 Å². The predicted molar refractivity (Wildman–Crippen MR) is 75.7 cm³/mol. The molecule has 1 aliphatic rings. The molecule has 1 aliphatic carbocycles. The third-order valence-electron chi connectivity index (χ3n) is 3.66. The fourth-order valence-electron chi connectivity index (χ4n) is 2.52. The minimum atomic E-state index is 0.374. The topological polar surface area (TPSA) is 79.6 Å². The Hall–Kier alpha value is -1.88. The molecule has 5 nitrogen and oxygen atoms in total. The van der Waals surface area contributed by atoms with Crippen molar-refractivity contribution in [2.45, 2.75) is 37.8 Å². The molecule has 1 saturated carbocycles. The summed E-state index contributed by atoms with van der Waals surface area (Å²) in [4.78, 5) is 3.12. The van der Waals surface area contributed by atoms with Gasteiger partial charge in [0.15, 0.2) is 0 Å². The number of nitrogens with zero attached hydrogens (tertiary/aromatic N) is 2. The Morgan fingerprint density at radius 2 is 1.95 bits per heavy atom. The number of H-pyrrole nitrogens is 1. The molecule has 3 rings (SSSR count). The van der Waals surface area contributed by atoms with E-state index in [1.807, 2.05) is 30.5 Å². The molecular weight excluding hydrogens is 238 g/mol. The third kappa shape index (κ3) is 2.93. The summed E-state index contributed by atoms with van der Waals surface area (Å²) in [5.41, 5.74) is 7.76. The fraction of sp³-hybridized carbons (Fsp3) is 0.429. The summed E-state index contributed by atoms with van der Waals surface area (Å²) in [6, 6.07) is 8.76. The van der Waals surface area contributed by atoms with Gasteiger partial charge >= 0.3 is 0 Å². The Kier molecular flexibility index (Phi) is 3.46. The highest BCUT2D eigenvalue weighted by atomic mass is 15.2. The van der Waals surface area contributed by atoms with Crippen molar-refractivity contribution in [2.24, 2.45) is 5.73 Å². The van der Waals surface area contributed by atoms with Crippen molar-refractivity contribution in [2.75, 3.05) is 5.32 Å². The standard InChI is InChI=1S/C14H19N5/c15-10-3-5-11(6-4-10)17-14-8-7-13(18-19-14)12-2-1-9-16-12/h1-2,7-11,16H,3-6,15H2,(H,17,19). The highest BCUT2D eigenvalue weighted by Crippen LogP contribution is 2.21. The summed E-state index contributed by atoms with van der Waals surface area (Å²) in [6.45, 7) is 0. The molecule has 4 N–H and O–H groups in total. The van der Waals surface area contributed by atoms with Crippen molar-refractivity contribution in [1.82, 2.24) is 15.2 Å². The monoisotopic (exact) mass is 257 g/mol. The number of aromatic amines is 1. The molecule has 2 aromatic rings. The molecule has 0 spiro atoms. The van der Waals surface area contributed by atoms with Crippen LogP contribution in [0, 0.1) is 0 Å². The van der Waals surface area contributed by atoms with Gasteiger partial charge in [-0.2, -0.15) is 0 Å². The van der Waals surface area contributed by atoms with Crippen LogP contribution in [0.3, 0.4) is 0 Å². The summed E-state index contributed by atoms with van der Waals surface area (Å²) in [5.74, 6) is 0.843. The van der Waals surface area contributed by atoms with E-state index >= 15 is 0 Å². The van der Waals surface area contributed by atoms with Crippen molar-refractivity contribution >= 4 is 5.82 Å². The first-order chi connectivity index (χ1) is 9.31. The first-order valence-electron chi connectivity index (χ1n) is 6.81. The van der Waals surface area contributed by atoms with Crippen LogP contribution in [0.15, 0.2) is 30.5 Å². The molecule has 1 fully saturated rings. The summed E-state index contributed by atoms with van der Waals surface area (Å²) in [5, 5.41) is 11.9. The molecule has 0 radical (unpaired) electrons. The molecule has 100 valence electrons. The third-order valence-corrected chi connectivity index (χ3v) is 3.66. The van der Waals surface area contributed by atoms with Gasteiger partial charge in [0.2, 0.25) is 0 Å². The van der Waals surface area contributed by atoms with Gasteiger partial charge in [0.05, 0.1) is 5.69 Å². The fourth-order valence-corrected chi connectivity index (χ4v) is 2.52. The van der Waals surface area contributed by atoms with Crippen LogP contribution >= 0.6 is 0 Å². The second-order valence-corrected chi connectivity index (χ2v) is 5.14. The Morgan fingerprint density at radius 3 is 2.58 bits per heavy atom. The summed E-state index contributed by atoms with van der Waals surface area (Å²) in [6.07, 6.45) is 6.29. The number of rotatable bonds is 3. The lowest BCUT2D eigenvalue weighted by Crippen LogP contribution is -2.33. The van der Waals surface area contributed by atoms with E-state index in [9.17, 15) is 0 Å². The second-order valence-electron chi connectivity index (χ2n) is 5.14. The SMILES string of the molecule is NC1CCC(Nc2ccc(-c3ccc[nH]3)nn2)CC1. The molecule has 0 amide bonds. The number of anilines is 1. The van der Waals surface area contributed by atoms with Crippen LogP contribution in [0.4, 0.5) is 5.82 Å². The minimum Gasteiger partial charge on any atom is -0.366 e. The Balaban J connectivity index is 1.63. The van der Waals surface area contributed by atoms with Crippen LogP contribution in [-0.2, 0) is 0 Å². The molecule has 2 heterocycles. The molecule has 2 aromatic heterocycles. The summed E-state index contributed by atoms with van der Waals surface area (Å²) < 4.78 is 0. The van der Waals surface area contributed by atoms with Crippen molar-refractivity contribution in [3.05, 3.63) is 30.5 Å². The Morgan fingerprint density at radius 1 is 1.11 bits per heavy atom. The molecule has 0 aromatic carbocycles. The lowest BCUT2D eigenvalue weighted by Gasteiger charge is -2.26. The van der Waals surface area contributed by atoms with Gasteiger partial charge in [-0.1, -0.05) is 0 Å².